The van der Waals surface area contributed by atoms with Crippen molar-refractivity contribution < 1.29 is 24.3 Å². The zero-order valence-corrected chi connectivity index (χ0v) is 15.5. The first kappa shape index (κ1) is 22.0. The van der Waals surface area contributed by atoms with E-state index in [1.54, 1.807) is 0 Å². The molecule has 0 bridgehead atoms. The van der Waals surface area contributed by atoms with Crippen molar-refractivity contribution in [1.29, 1.82) is 0 Å². The standard InChI is InChI=1S/C13H12ClN5O5S2.Na.H/c1-24-18-6(5-3-26-13(15)16-5)9(20)17-7-10(21)19-8(12(22)23)4(14)2-25-11(7)19;;/h3,7,11H,2H2,1H3,(H2,15,16)(H,17,20)(H,22,23);;/b18-6-;;/t7?,11-;;/m1../s1. The molecule has 10 nitrogen and oxygen atoms in total. The maximum absolute atomic E-state index is 12.5. The van der Waals surface area contributed by atoms with Crippen molar-refractivity contribution in [3.05, 3.63) is 21.8 Å². The fraction of sp³-hybridized carbons (Fsp3) is 0.308. The van der Waals surface area contributed by atoms with Crippen LogP contribution in [0.2, 0.25) is 0 Å². The van der Waals surface area contributed by atoms with Crippen LogP contribution in [0.15, 0.2) is 21.3 Å². The van der Waals surface area contributed by atoms with Gasteiger partial charge in [-0.05, 0) is 0 Å². The number of fused-ring (bicyclic) bond motifs is 1. The molecule has 0 spiro atoms. The summed E-state index contributed by atoms with van der Waals surface area (Å²) in [6.07, 6.45) is 0. The van der Waals surface area contributed by atoms with Crippen LogP contribution in [0.25, 0.3) is 0 Å². The number of nitrogens with one attached hydrogen (secondary N) is 1. The van der Waals surface area contributed by atoms with E-state index < -0.39 is 29.2 Å². The molecule has 3 heterocycles. The van der Waals surface area contributed by atoms with Gasteiger partial charge in [0.2, 0.25) is 0 Å². The number of aromatic nitrogens is 1. The van der Waals surface area contributed by atoms with E-state index in [4.69, 9.17) is 17.3 Å². The minimum absolute atomic E-state index is 0. The summed E-state index contributed by atoms with van der Waals surface area (Å²) in [4.78, 5) is 45.9. The number of aliphatic carboxylic acids is 1. The summed E-state index contributed by atoms with van der Waals surface area (Å²) < 4.78 is 0. The number of thiazole rings is 1. The molecule has 3 rings (SSSR count). The molecule has 1 unspecified atom stereocenters. The van der Waals surface area contributed by atoms with Crippen LogP contribution >= 0.6 is 34.7 Å². The summed E-state index contributed by atoms with van der Waals surface area (Å²) in [5.41, 5.74) is 5.37. The topological polar surface area (TPSA) is 147 Å². The van der Waals surface area contributed by atoms with Gasteiger partial charge in [0.05, 0.1) is 5.03 Å². The Bertz CT molecular complexity index is 860. The molecule has 14 heteroatoms. The van der Waals surface area contributed by atoms with Gasteiger partial charge in [-0.2, -0.15) is 0 Å². The molecule has 0 radical (unpaired) electrons. The number of thioether (sulfide) groups is 1. The van der Waals surface area contributed by atoms with Gasteiger partial charge in [0, 0.05) is 11.1 Å². The number of rotatable bonds is 5. The summed E-state index contributed by atoms with van der Waals surface area (Å²) in [5, 5.41) is 16.7. The summed E-state index contributed by atoms with van der Waals surface area (Å²) in [7, 11) is 1.27. The predicted molar refractivity (Wildman–Crippen MR) is 103 cm³/mol. The van der Waals surface area contributed by atoms with E-state index in [1.807, 2.05) is 0 Å². The van der Waals surface area contributed by atoms with Gasteiger partial charge in [0.25, 0.3) is 11.8 Å². The van der Waals surface area contributed by atoms with Crippen molar-refractivity contribution in [1.82, 2.24) is 15.2 Å². The molecule has 0 aliphatic carbocycles. The van der Waals surface area contributed by atoms with Crippen molar-refractivity contribution in [2.24, 2.45) is 5.16 Å². The molecule has 2 amide bonds. The minimum atomic E-state index is -1.29. The Kier molecular flexibility index (Phi) is 7.16. The molecule has 1 saturated heterocycles. The van der Waals surface area contributed by atoms with E-state index in [1.165, 1.54) is 24.3 Å². The van der Waals surface area contributed by atoms with E-state index in [9.17, 15) is 19.5 Å². The SMILES string of the molecule is CO/N=C(\C(=O)NC1C(=O)N2C(C(=O)O)=C(Cl)CS[C@H]12)c1csc(N)n1.[NaH]. The molecule has 1 fully saturated rings. The monoisotopic (exact) mass is 441 g/mol. The number of halogens is 1. The summed E-state index contributed by atoms with van der Waals surface area (Å²) in [6, 6.07) is -0.912. The van der Waals surface area contributed by atoms with E-state index in [-0.39, 0.29) is 62.6 Å². The van der Waals surface area contributed by atoms with Crippen LogP contribution in [0.4, 0.5) is 5.13 Å². The van der Waals surface area contributed by atoms with Crippen molar-refractivity contribution in [2.75, 3.05) is 18.6 Å². The van der Waals surface area contributed by atoms with Gasteiger partial charge in [-0.15, -0.1) is 23.1 Å². The van der Waals surface area contributed by atoms with Crippen molar-refractivity contribution in [3.63, 3.8) is 0 Å². The first-order chi connectivity index (χ1) is 12.3. The van der Waals surface area contributed by atoms with E-state index in [2.05, 4.69) is 20.3 Å². The van der Waals surface area contributed by atoms with Crippen molar-refractivity contribution in [3.8, 4) is 0 Å². The van der Waals surface area contributed by atoms with Crippen LogP contribution in [-0.4, -0.2) is 92.3 Å². The van der Waals surface area contributed by atoms with Crippen LogP contribution in [0.1, 0.15) is 5.69 Å². The van der Waals surface area contributed by atoms with Crippen LogP contribution in [-0.2, 0) is 19.2 Å². The number of nitrogens with zero attached hydrogens (tertiary/aromatic N) is 3. The normalized spacial score (nSPS) is 21.8. The molecule has 4 N–H and O–H groups in total. The third-order valence-corrected chi connectivity index (χ3v) is 6.00. The predicted octanol–water partition coefficient (Wildman–Crippen LogP) is -0.638. The molecule has 2 atom stereocenters. The number of carbonyl (C=O) groups is 3. The zero-order chi connectivity index (χ0) is 19.0. The molecule has 27 heavy (non-hydrogen) atoms. The molecule has 140 valence electrons. The van der Waals surface area contributed by atoms with Crippen LogP contribution in [0, 0.1) is 0 Å². The zero-order valence-electron chi connectivity index (χ0n) is 13.1. The second kappa shape index (κ2) is 8.80. The number of hydrogen-bond donors (Lipinski definition) is 3. The Labute approximate surface area is 188 Å². The average molecular weight is 442 g/mol. The maximum atomic E-state index is 12.5. The quantitative estimate of drug-likeness (QED) is 0.236. The van der Waals surface area contributed by atoms with Gasteiger partial charge in [-0.1, -0.05) is 16.8 Å². The van der Waals surface area contributed by atoms with E-state index in [0.717, 1.165) is 16.2 Å². The number of β-lactam (4-membered cyclic amide) rings is 1. The van der Waals surface area contributed by atoms with Gasteiger partial charge in [0.15, 0.2) is 10.8 Å². The number of hydrogen-bond acceptors (Lipinski definition) is 9. The third-order valence-electron chi connectivity index (χ3n) is 3.57. The third kappa shape index (κ3) is 4.10. The Morgan fingerprint density at radius 1 is 1.56 bits per heavy atom. The Morgan fingerprint density at radius 2 is 2.26 bits per heavy atom. The van der Waals surface area contributed by atoms with Gasteiger partial charge in [-0.3, -0.25) is 14.5 Å². The Hall–Kier alpha value is -1.31. The molecule has 0 aromatic carbocycles. The Balaban J connectivity index is 0.00000261. The number of carboxylic acids is 1. The first-order valence-electron chi connectivity index (χ1n) is 7.05. The van der Waals surface area contributed by atoms with Crippen molar-refractivity contribution >= 4 is 92.9 Å². The number of amides is 2. The number of carboxylic acid groups (broad SMARTS) is 1. The van der Waals surface area contributed by atoms with Gasteiger partial charge in [-0.25, -0.2) is 9.78 Å². The fourth-order valence-corrected chi connectivity index (χ4v) is 4.58. The number of nitrogens with two attached hydrogens (primary N) is 1. The summed E-state index contributed by atoms with van der Waals surface area (Å²) >= 11 is 8.28. The number of nitrogen functional groups attached to an aromatic ring is 1. The number of carbonyl (C=O) groups excluding carboxylic acids is 2. The first-order valence-corrected chi connectivity index (χ1v) is 9.35. The molecule has 1 aromatic rings. The molecular weight excluding hydrogens is 429 g/mol. The Morgan fingerprint density at radius 3 is 2.81 bits per heavy atom. The fourth-order valence-electron chi connectivity index (χ4n) is 2.48. The van der Waals surface area contributed by atoms with Crippen LogP contribution < -0.4 is 11.1 Å². The average Bonchev–Trinajstić information content (AvgIpc) is 3.02. The van der Waals surface area contributed by atoms with E-state index >= 15 is 0 Å². The summed E-state index contributed by atoms with van der Waals surface area (Å²) in [5.74, 6) is -2.32. The molecular formula is C13H13ClN5NaO5S2. The van der Waals surface area contributed by atoms with Crippen molar-refractivity contribution in [2.45, 2.75) is 11.4 Å². The molecule has 0 saturated carbocycles. The molecule has 1 aromatic heterocycles. The number of oxime groups is 1. The molecule has 2 aliphatic rings. The van der Waals surface area contributed by atoms with Gasteiger partial charge >= 0.3 is 35.5 Å². The van der Waals surface area contributed by atoms with Gasteiger partial charge < -0.3 is 21.0 Å². The van der Waals surface area contributed by atoms with Gasteiger partial charge in [0.1, 0.15) is 29.9 Å². The second-order valence-electron chi connectivity index (χ2n) is 5.11. The number of anilines is 1. The molecule has 2 aliphatic heterocycles. The second-order valence-corrected chi connectivity index (χ2v) is 7.56. The van der Waals surface area contributed by atoms with E-state index in [0.29, 0.717) is 0 Å². The van der Waals surface area contributed by atoms with Crippen LogP contribution in [0.3, 0.4) is 0 Å². The summed E-state index contributed by atoms with van der Waals surface area (Å²) in [6.45, 7) is 0. The van der Waals surface area contributed by atoms with Crippen LogP contribution in [0.5, 0.6) is 0 Å².